The first-order chi connectivity index (χ1) is 9.16. The molecular weight excluding hydrogens is 270 g/mol. The Labute approximate surface area is 114 Å². The van der Waals surface area contributed by atoms with Crippen molar-refractivity contribution in [2.45, 2.75) is 6.10 Å². The van der Waals surface area contributed by atoms with Gasteiger partial charge in [0, 0.05) is 10.6 Å². The summed E-state index contributed by atoms with van der Waals surface area (Å²) in [5, 5.41) is 13.4. The largest absolute Gasteiger partial charge is 0.439 e. The first kappa shape index (κ1) is 13.3. The number of hydrazone groups is 1. The maximum Gasteiger partial charge on any atom is 0.405 e. The number of primary amides is 1. The molecule has 0 aromatic heterocycles. The zero-order valence-corrected chi connectivity index (χ0v) is 10.7. The van der Waals surface area contributed by atoms with Crippen LogP contribution in [0.2, 0.25) is 5.02 Å². The summed E-state index contributed by atoms with van der Waals surface area (Å²) in [5.41, 5.74) is 5.71. The lowest BCUT2D eigenvalue weighted by Crippen LogP contribution is -2.27. The summed E-state index contributed by atoms with van der Waals surface area (Å²) in [4.78, 5) is 11.0. The number of halogens is 1. The van der Waals surface area contributed by atoms with Crippen LogP contribution in [0, 0.1) is 0 Å². The molecule has 8 heteroatoms. The van der Waals surface area contributed by atoms with Crippen LogP contribution < -0.4 is 5.73 Å². The van der Waals surface area contributed by atoms with Crippen molar-refractivity contribution in [3.8, 4) is 0 Å². The summed E-state index contributed by atoms with van der Waals surface area (Å²) < 4.78 is 5.06. The molecule has 0 saturated heterocycles. The molecule has 100 valence electrons. The standard InChI is InChI=1S/C11H12ClN5O2/c12-9-4-2-1-3-8(9)10(19-11(13)18)7-17-15-6-5-14-16-17/h1-4,6,10H,5,7H2,(H2,13,18)/t10-/m0/s1. The maximum atomic E-state index is 11.0. The predicted octanol–water partition coefficient (Wildman–Crippen LogP) is 2.15. The van der Waals surface area contributed by atoms with Crippen molar-refractivity contribution in [2.75, 3.05) is 13.1 Å². The fourth-order valence-corrected chi connectivity index (χ4v) is 1.86. The van der Waals surface area contributed by atoms with Gasteiger partial charge in [0.25, 0.3) is 0 Å². The molecule has 19 heavy (non-hydrogen) atoms. The normalized spacial score (nSPS) is 15.3. The van der Waals surface area contributed by atoms with Crippen LogP contribution in [0.1, 0.15) is 11.7 Å². The van der Waals surface area contributed by atoms with Gasteiger partial charge in [-0.2, -0.15) is 15.3 Å². The van der Waals surface area contributed by atoms with Crippen molar-refractivity contribution in [3.63, 3.8) is 0 Å². The zero-order chi connectivity index (χ0) is 13.7. The molecule has 0 spiro atoms. The van der Waals surface area contributed by atoms with E-state index in [1.165, 1.54) is 5.12 Å². The highest BCUT2D eigenvalue weighted by Crippen LogP contribution is 2.26. The van der Waals surface area contributed by atoms with Crippen molar-refractivity contribution in [3.05, 3.63) is 34.9 Å². The van der Waals surface area contributed by atoms with Crippen LogP contribution in [0.4, 0.5) is 4.79 Å². The lowest BCUT2D eigenvalue weighted by molar-refractivity contribution is 0.0744. The Morgan fingerprint density at radius 3 is 2.95 bits per heavy atom. The van der Waals surface area contributed by atoms with E-state index in [0.29, 0.717) is 17.1 Å². The zero-order valence-electron chi connectivity index (χ0n) is 9.94. The number of amides is 1. The molecule has 1 amide bonds. The summed E-state index contributed by atoms with van der Waals surface area (Å²) in [6.45, 7) is 0.622. The lowest BCUT2D eigenvalue weighted by atomic mass is 10.1. The van der Waals surface area contributed by atoms with Gasteiger partial charge in [-0.3, -0.25) is 0 Å². The molecule has 2 rings (SSSR count). The van der Waals surface area contributed by atoms with E-state index in [1.807, 2.05) is 0 Å². The topological polar surface area (TPSA) is 92.6 Å². The van der Waals surface area contributed by atoms with E-state index in [0.717, 1.165) is 0 Å². The number of ether oxygens (including phenoxy) is 1. The van der Waals surface area contributed by atoms with Crippen molar-refractivity contribution in [1.29, 1.82) is 0 Å². The molecule has 1 aliphatic rings. The fraction of sp³-hybridized carbons (Fsp3) is 0.273. The monoisotopic (exact) mass is 281 g/mol. The number of hydrogen-bond donors (Lipinski definition) is 1. The number of hydrogen-bond acceptors (Lipinski definition) is 6. The fourth-order valence-electron chi connectivity index (χ4n) is 1.61. The Morgan fingerprint density at radius 2 is 2.32 bits per heavy atom. The SMILES string of the molecule is NC(=O)O[C@@H](CN1N=CCN=N1)c1ccccc1Cl. The highest BCUT2D eigenvalue weighted by Gasteiger charge is 2.21. The van der Waals surface area contributed by atoms with Crippen LogP contribution in [-0.4, -0.2) is 30.5 Å². The molecule has 0 saturated carbocycles. The molecule has 1 aromatic carbocycles. The average Bonchev–Trinajstić information content (AvgIpc) is 2.39. The minimum absolute atomic E-state index is 0.187. The number of nitrogens with two attached hydrogens (primary N) is 1. The summed E-state index contributed by atoms with van der Waals surface area (Å²) in [7, 11) is 0. The molecule has 0 aliphatic carbocycles. The van der Waals surface area contributed by atoms with Crippen LogP contribution in [0.3, 0.4) is 0 Å². The van der Waals surface area contributed by atoms with Gasteiger partial charge in [0.2, 0.25) is 0 Å². The van der Waals surface area contributed by atoms with Gasteiger partial charge in [-0.05, 0) is 6.07 Å². The molecule has 0 unspecified atom stereocenters. The van der Waals surface area contributed by atoms with Crippen LogP contribution in [-0.2, 0) is 4.74 Å². The number of carbonyl (C=O) groups is 1. The van der Waals surface area contributed by atoms with E-state index < -0.39 is 12.2 Å². The molecule has 1 atom stereocenters. The molecule has 1 aliphatic heterocycles. The van der Waals surface area contributed by atoms with Crippen LogP contribution in [0.25, 0.3) is 0 Å². The van der Waals surface area contributed by atoms with Gasteiger partial charge < -0.3 is 10.5 Å². The van der Waals surface area contributed by atoms with E-state index in [4.69, 9.17) is 22.1 Å². The van der Waals surface area contributed by atoms with Gasteiger partial charge in [0.1, 0.15) is 6.54 Å². The van der Waals surface area contributed by atoms with E-state index in [2.05, 4.69) is 15.4 Å². The van der Waals surface area contributed by atoms with Gasteiger partial charge >= 0.3 is 6.09 Å². The van der Waals surface area contributed by atoms with E-state index in [-0.39, 0.29) is 6.54 Å². The van der Waals surface area contributed by atoms with Crippen LogP contribution in [0.5, 0.6) is 0 Å². The molecule has 1 aromatic rings. The van der Waals surface area contributed by atoms with E-state index >= 15 is 0 Å². The number of nitrogens with zero attached hydrogens (tertiary/aromatic N) is 4. The summed E-state index contributed by atoms with van der Waals surface area (Å²) in [6.07, 6.45) is 0.0456. The van der Waals surface area contributed by atoms with Crippen molar-refractivity contribution >= 4 is 23.9 Å². The van der Waals surface area contributed by atoms with Crippen LogP contribution >= 0.6 is 11.6 Å². The lowest BCUT2D eigenvalue weighted by Gasteiger charge is -2.22. The Bertz CT molecular complexity index is 508. The third kappa shape index (κ3) is 3.65. The van der Waals surface area contributed by atoms with Crippen molar-refractivity contribution in [1.82, 2.24) is 5.12 Å². The Balaban J connectivity index is 2.18. The molecule has 1 heterocycles. The molecule has 0 bridgehead atoms. The second kappa shape index (κ2) is 6.14. The second-order valence-electron chi connectivity index (χ2n) is 3.71. The molecule has 2 N–H and O–H groups in total. The average molecular weight is 282 g/mol. The third-order valence-electron chi connectivity index (χ3n) is 2.38. The van der Waals surface area contributed by atoms with Gasteiger partial charge in [-0.1, -0.05) is 35.0 Å². The summed E-state index contributed by atoms with van der Waals surface area (Å²) in [5.74, 6) is 0. The summed E-state index contributed by atoms with van der Waals surface area (Å²) >= 11 is 6.08. The van der Waals surface area contributed by atoms with Crippen molar-refractivity contribution < 1.29 is 9.53 Å². The predicted molar refractivity (Wildman–Crippen MR) is 69.8 cm³/mol. The minimum atomic E-state index is -0.886. The van der Waals surface area contributed by atoms with Gasteiger partial charge in [-0.15, -0.1) is 0 Å². The van der Waals surface area contributed by atoms with E-state index in [9.17, 15) is 4.79 Å². The Hall–Kier alpha value is -2.15. The number of carbonyl (C=O) groups excluding carboxylic acids is 1. The molecule has 0 radical (unpaired) electrons. The van der Waals surface area contributed by atoms with Crippen LogP contribution in [0.15, 0.2) is 39.7 Å². The first-order valence-corrected chi connectivity index (χ1v) is 5.92. The number of benzene rings is 1. The summed E-state index contributed by atoms with van der Waals surface area (Å²) in [6, 6.07) is 7.03. The molecule has 0 fully saturated rings. The molecular formula is C11H12ClN5O2. The van der Waals surface area contributed by atoms with Gasteiger partial charge in [0.05, 0.1) is 12.8 Å². The van der Waals surface area contributed by atoms with Gasteiger partial charge in [0.15, 0.2) is 6.10 Å². The molecule has 7 nitrogen and oxygen atoms in total. The minimum Gasteiger partial charge on any atom is -0.439 e. The van der Waals surface area contributed by atoms with E-state index in [1.54, 1.807) is 30.5 Å². The Morgan fingerprint density at radius 1 is 1.53 bits per heavy atom. The maximum absolute atomic E-state index is 11.0. The quantitative estimate of drug-likeness (QED) is 0.916. The second-order valence-corrected chi connectivity index (χ2v) is 4.12. The first-order valence-electron chi connectivity index (χ1n) is 5.54. The van der Waals surface area contributed by atoms with Crippen molar-refractivity contribution in [2.24, 2.45) is 21.2 Å². The highest BCUT2D eigenvalue weighted by atomic mass is 35.5. The Kier molecular flexibility index (Phi) is 4.30. The van der Waals surface area contributed by atoms with Gasteiger partial charge in [-0.25, -0.2) is 4.79 Å². The third-order valence-corrected chi connectivity index (χ3v) is 2.73. The highest BCUT2D eigenvalue weighted by molar-refractivity contribution is 6.31. The number of rotatable bonds is 4. The smallest absolute Gasteiger partial charge is 0.405 e.